The van der Waals surface area contributed by atoms with Crippen molar-refractivity contribution in [2.24, 2.45) is 10.9 Å². The monoisotopic (exact) mass is 766 g/mol. The molecule has 55 heavy (non-hydrogen) atoms. The number of rotatable bonds is 14. The number of allylic oxidation sites excluding steroid dienone is 2. The van der Waals surface area contributed by atoms with Gasteiger partial charge in [0.1, 0.15) is 11.9 Å². The first-order valence-corrected chi connectivity index (χ1v) is 17.3. The predicted molar refractivity (Wildman–Crippen MR) is 214 cm³/mol. The Bertz CT molecular complexity index is 1800. The largest absolute Gasteiger partial charge is 0.416 e. The zero-order valence-corrected chi connectivity index (χ0v) is 32.9. The van der Waals surface area contributed by atoms with Crippen molar-refractivity contribution >= 4 is 47.9 Å². The summed E-state index contributed by atoms with van der Waals surface area (Å²) in [4.78, 5) is 49.8. The third-order valence-electron chi connectivity index (χ3n) is 7.44. The van der Waals surface area contributed by atoms with Crippen LogP contribution in [0.4, 0.5) is 30.2 Å². The highest BCUT2D eigenvalue weighted by Crippen LogP contribution is 2.29. The van der Waals surface area contributed by atoms with Crippen molar-refractivity contribution in [2.75, 3.05) is 23.1 Å². The molecule has 14 heteroatoms. The summed E-state index contributed by atoms with van der Waals surface area (Å²) in [6.45, 7) is 19.4. The molecule has 0 heterocycles. The number of halogens is 3. The minimum atomic E-state index is -4.46. The molecule has 3 aromatic rings. The van der Waals surface area contributed by atoms with Crippen LogP contribution in [0.2, 0.25) is 0 Å². The molecule has 5 N–H and O–H groups in total. The summed E-state index contributed by atoms with van der Waals surface area (Å²) in [5.41, 5.74) is 3.60. The van der Waals surface area contributed by atoms with Crippen LogP contribution in [0.25, 0.3) is 0 Å². The van der Waals surface area contributed by atoms with Crippen LogP contribution in [-0.4, -0.2) is 49.6 Å². The molecule has 0 aliphatic heterocycles. The minimum absolute atomic E-state index is 0.0250. The van der Waals surface area contributed by atoms with Crippen molar-refractivity contribution in [1.29, 1.82) is 0 Å². The lowest BCUT2D eigenvalue weighted by molar-refractivity contribution is -0.137. The maximum atomic E-state index is 12.6. The van der Waals surface area contributed by atoms with E-state index in [0.717, 1.165) is 23.3 Å². The lowest BCUT2D eigenvalue weighted by Gasteiger charge is -2.18. The summed E-state index contributed by atoms with van der Waals surface area (Å²) in [6, 6.07) is 16.1. The van der Waals surface area contributed by atoms with Crippen LogP contribution in [0, 0.1) is 19.8 Å². The van der Waals surface area contributed by atoms with Crippen molar-refractivity contribution in [3.05, 3.63) is 113 Å². The summed E-state index contributed by atoms with van der Waals surface area (Å²) >= 11 is 0. The average molecular weight is 767 g/mol. The van der Waals surface area contributed by atoms with Gasteiger partial charge in [-0.1, -0.05) is 44.7 Å². The molecule has 0 aliphatic rings. The van der Waals surface area contributed by atoms with E-state index in [0.29, 0.717) is 47.8 Å². The molecule has 298 valence electrons. The summed E-state index contributed by atoms with van der Waals surface area (Å²) in [7, 11) is 1.71. The van der Waals surface area contributed by atoms with E-state index < -0.39 is 23.7 Å². The number of nitrogens with one attached hydrogen (secondary N) is 5. The van der Waals surface area contributed by atoms with Crippen LogP contribution in [-0.2, 0) is 25.3 Å². The van der Waals surface area contributed by atoms with Gasteiger partial charge < -0.3 is 31.3 Å². The van der Waals surface area contributed by atoms with Crippen LogP contribution >= 0.6 is 0 Å². The molecular weight excluding hydrogens is 713 g/mol. The molecule has 3 aromatic carbocycles. The van der Waals surface area contributed by atoms with Crippen molar-refractivity contribution in [2.45, 2.75) is 79.6 Å². The first-order valence-electron chi connectivity index (χ1n) is 17.3. The summed E-state index contributed by atoms with van der Waals surface area (Å²) in [5.74, 6) is -0.235. The lowest BCUT2D eigenvalue weighted by Crippen LogP contribution is -2.40. The Labute approximate surface area is 321 Å². The maximum Gasteiger partial charge on any atom is 0.416 e. The number of carbonyl (C=O) groups is 4. The third-order valence-corrected chi connectivity index (χ3v) is 7.44. The van der Waals surface area contributed by atoms with Gasteiger partial charge >= 0.3 is 6.18 Å². The number of carbonyl (C=O) groups excluding carboxylic acids is 4. The predicted octanol–water partition coefficient (Wildman–Crippen LogP) is 8.40. The third kappa shape index (κ3) is 19.2. The SMILES string of the molecule is C=C(/N=C\C(=C/C)NC=O)Nc1cccc(NC(=O)C(CC(C)C)NC=O)c1.COC(C)(C)C.Cc1ccc(NC(=O)c2cccc(C(F)(F)F)c2)cc1C. The fraction of sp³-hybridized carbons (Fsp3) is 0.341. The van der Waals surface area contributed by atoms with Gasteiger partial charge in [-0.25, -0.2) is 4.99 Å². The van der Waals surface area contributed by atoms with Gasteiger partial charge in [0.2, 0.25) is 18.7 Å². The van der Waals surface area contributed by atoms with Crippen molar-refractivity contribution < 1.29 is 37.1 Å². The summed E-state index contributed by atoms with van der Waals surface area (Å²) in [6.07, 6.45) is 0.340. The standard InChI is InChI=1S/C20H27N5O3.C16H14F3NO.C5H12O/c1-5-16(22-12-26)11-21-15(4)24-17-7-6-8-18(10-17)25-20(28)19(23-13-27)9-14(2)3;1-10-6-7-14(8-11(10)2)20-15(21)12-4-3-5-13(9-12)16(17,18)19;1-5(2,3)6-4/h5-8,10-14,19,24H,4,9H2,1-3H3,(H,22,26)(H,23,27)(H,25,28);3-9H,1-2H3,(H,20,21);1-4H3/b16-5+,21-11-;;. The molecule has 11 nitrogen and oxygen atoms in total. The van der Waals surface area contributed by atoms with Gasteiger partial charge in [0.15, 0.2) is 0 Å². The van der Waals surface area contributed by atoms with E-state index in [1.165, 1.54) is 18.3 Å². The van der Waals surface area contributed by atoms with Gasteiger partial charge in [-0.3, -0.25) is 19.2 Å². The molecule has 0 spiro atoms. The molecule has 0 aromatic heterocycles. The molecule has 1 unspecified atom stereocenters. The molecule has 0 saturated carbocycles. The van der Waals surface area contributed by atoms with Crippen LogP contribution in [0.15, 0.2) is 95.9 Å². The molecule has 3 rings (SSSR count). The van der Waals surface area contributed by atoms with Gasteiger partial charge in [0, 0.05) is 29.7 Å². The van der Waals surface area contributed by atoms with E-state index in [1.54, 1.807) is 56.5 Å². The molecule has 0 saturated heterocycles. The number of hydrogen-bond donors (Lipinski definition) is 5. The number of anilines is 3. The number of hydrogen-bond acceptors (Lipinski definition) is 7. The Morgan fingerprint density at radius 1 is 0.855 bits per heavy atom. The molecule has 0 fully saturated rings. The quantitative estimate of drug-likeness (QED) is 0.0822. The maximum absolute atomic E-state index is 12.6. The molecule has 1 atom stereocenters. The van der Waals surface area contributed by atoms with Crippen LogP contribution < -0.4 is 26.6 Å². The first kappa shape index (κ1) is 47.3. The van der Waals surface area contributed by atoms with E-state index in [-0.39, 0.29) is 23.0 Å². The van der Waals surface area contributed by atoms with E-state index in [4.69, 9.17) is 4.74 Å². The van der Waals surface area contributed by atoms with Crippen LogP contribution in [0.3, 0.4) is 0 Å². The van der Waals surface area contributed by atoms with Crippen LogP contribution in [0.1, 0.15) is 75.0 Å². The molecular formula is C41H53F3N6O5. The second-order valence-electron chi connectivity index (χ2n) is 13.5. The van der Waals surface area contributed by atoms with E-state index >= 15 is 0 Å². The summed E-state index contributed by atoms with van der Waals surface area (Å²) in [5, 5.41) is 13.4. The number of aryl methyl sites for hydroxylation is 2. The highest BCUT2D eigenvalue weighted by molar-refractivity contribution is 6.04. The first-order chi connectivity index (χ1) is 25.7. The van der Waals surface area contributed by atoms with E-state index in [1.807, 2.05) is 54.5 Å². The molecule has 0 bridgehead atoms. The number of nitrogens with zero attached hydrogens (tertiary/aromatic N) is 1. The topological polar surface area (TPSA) is 150 Å². The fourth-order valence-corrected chi connectivity index (χ4v) is 4.18. The Morgan fingerprint density at radius 3 is 1.98 bits per heavy atom. The number of alkyl halides is 3. The van der Waals surface area contributed by atoms with Gasteiger partial charge in [0.05, 0.1) is 23.1 Å². The Morgan fingerprint density at radius 2 is 1.45 bits per heavy atom. The number of ether oxygens (including phenoxy) is 1. The Hall–Kier alpha value is -5.76. The zero-order valence-electron chi connectivity index (χ0n) is 32.9. The molecule has 0 radical (unpaired) electrons. The average Bonchev–Trinajstić information content (AvgIpc) is 3.11. The van der Waals surface area contributed by atoms with Crippen molar-refractivity contribution in [1.82, 2.24) is 10.6 Å². The van der Waals surface area contributed by atoms with Crippen molar-refractivity contribution in [3.8, 4) is 0 Å². The normalized spacial score (nSPS) is 11.9. The van der Waals surface area contributed by atoms with Gasteiger partial charge in [-0.05, 0) is 114 Å². The lowest BCUT2D eigenvalue weighted by atomic mass is 10.0. The smallest absolute Gasteiger partial charge is 0.379 e. The zero-order chi connectivity index (χ0) is 41.8. The van der Waals surface area contributed by atoms with Gasteiger partial charge in [0.25, 0.3) is 5.91 Å². The van der Waals surface area contributed by atoms with Gasteiger partial charge in [-0.15, -0.1) is 0 Å². The summed E-state index contributed by atoms with van der Waals surface area (Å²) < 4.78 is 42.8. The number of amides is 4. The number of aliphatic imine (C=N–C) groups is 1. The minimum Gasteiger partial charge on any atom is -0.379 e. The highest BCUT2D eigenvalue weighted by Gasteiger charge is 2.31. The number of benzene rings is 3. The Balaban J connectivity index is 0.000000491. The van der Waals surface area contributed by atoms with E-state index in [2.05, 4.69) is 38.2 Å². The second-order valence-corrected chi connectivity index (χ2v) is 13.5. The number of methoxy groups -OCH3 is 1. The second kappa shape index (κ2) is 23.1. The molecule has 4 amide bonds. The highest BCUT2D eigenvalue weighted by atomic mass is 19.4. The van der Waals surface area contributed by atoms with Crippen LogP contribution in [0.5, 0.6) is 0 Å². The fourth-order valence-electron chi connectivity index (χ4n) is 4.18. The van der Waals surface area contributed by atoms with Crippen molar-refractivity contribution in [3.63, 3.8) is 0 Å². The van der Waals surface area contributed by atoms with Gasteiger partial charge in [-0.2, -0.15) is 13.2 Å². The van der Waals surface area contributed by atoms with E-state index in [9.17, 15) is 32.3 Å². The Kier molecular flexibility index (Phi) is 19.9. The molecule has 0 aliphatic carbocycles.